The van der Waals surface area contributed by atoms with Crippen molar-refractivity contribution in [1.82, 2.24) is 0 Å². The Hall–Kier alpha value is -3.02. The zero-order valence-corrected chi connectivity index (χ0v) is 14.3. The summed E-state index contributed by atoms with van der Waals surface area (Å²) in [5, 5.41) is 8.59. The number of carbonyl (C=O) groups is 2. The summed E-state index contributed by atoms with van der Waals surface area (Å²) < 4.78 is 10.5. The molecule has 132 valence electrons. The van der Waals surface area contributed by atoms with Crippen molar-refractivity contribution in [2.24, 2.45) is 0 Å². The highest BCUT2D eigenvalue weighted by Gasteiger charge is 2.12. The predicted molar refractivity (Wildman–Crippen MR) is 94.3 cm³/mol. The monoisotopic (exact) mass is 343 g/mol. The Morgan fingerprint density at radius 2 is 1.52 bits per heavy atom. The maximum absolute atomic E-state index is 12.4. The van der Waals surface area contributed by atoms with Crippen LogP contribution < -0.4 is 14.4 Å². The van der Waals surface area contributed by atoms with Crippen LogP contribution in [0.2, 0.25) is 0 Å². The van der Waals surface area contributed by atoms with Gasteiger partial charge in [-0.05, 0) is 48.9 Å². The van der Waals surface area contributed by atoms with E-state index in [1.165, 1.54) is 0 Å². The van der Waals surface area contributed by atoms with Gasteiger partial charge in [-0.2, -0.15) is 0 Å². The average molecular weight is 343 g/mol. The van der Waals surface area contributed by atoms with E-state index in [-0.39, 0.29) is 12.3 Å². The number of carboxylic acids is 1. The minimum absolute atomic E-state index is 0.0524. The molecule has 1 amide bonds. The first kappa shape index (κ1) is 18.3. The number of rotatable bonds is 8. The highest BCUT2D eigenvalue weighted by atomic mass is 16.5. The summed E-state index contributed by atoms with van der Waals surface area (Å²) in [6, 6.07) is 14.2. The number of hydrogen-bond donors (Lipinski definition) is 1. The van der Waals surface area contributed by atoms with E-state index in [2.05, 4.69) is 0 Å². The van der Waals surface area contributed by atoms with Gasteiger partial charge in [0.1, 0.15) is 11.5 Å². The fraction of sp³-hybridized carbons (Fsp3) is 0.263. The van der Waals surface area contributed by atoms with E-state index in [4.69, 9.17) is 14.6 Å². The van der Waals surface area contributed by atoms with E-state index in [1.807, 2.05) is 31.2 Å². The molecule has 0 saturated heterocycles. The summed E-state index contributed by atoms with van der Waals surface area (Å²) in [4.78, 5) is 24.4. The summed E-state index contributed by atoms with van der Waals surface area (Å²) in [6.45, 7) is 2.13. The molecule has 0 saturated carbocycles. The van der Waals surface area contributed by atoms with Crippen LogP contribution in [0.15, 0.2) is 48.5 Å². The minimum atomic E-state index is -1.04. The normalized spacial score (nSPS) is 10.2. The van der Waals surface area contributed by atoms with Gasteiger partial charge < -0.3 is 19.5 Å². The SMILES string of the molecule is CCOc1ccc(CC(=O)N(C)c2ccc(OCC(=O)O)cc2)cc1. The number of amides is 1. The number of likely N-dealkylation sites (N-methyl/N-ethyl adjacent to an activating group) is 1. The zero-order chi connectivity index (χ0) is 18.2. The van der Waals surface area contributed by atoms with Crippen LogP contribution in [0.4, 0.5) is 5.69 Å². The van der Waals surface area contributed by atoms with Gasteiger partial charge >= 0.3 is 5.97 Å². The number of carboxylic acid groups (broad SMARTS) is 1. The van der Waals surface area contributed by atoms with E-state index < -0.39 is 12.6 Å². The van der Waals surface area contributed by atoms with Crippen LogP contribution >= 0.6 is 0 Å². The lowest BCUT2D eigenvalue weighted by molar-refractivity contribution is -0.139. The maximum Gasteiger partial charge on any atom is 0.341 e. The van der Waals surface area contributed by atoms with Gasteiger partial charge in [-0.25, -0.2) is 4.79 Å². The van der Waals surface area contributed by atoms with Crippen LogP contribution in [0.3, 0.4) is 0 Å². The van der Waals surface area contributed by atoms with E-state index in [0.717, 1.165) is 11.3 Å². The van der Waals surface area contributed by atoms with E-state index >= 15 is 0 Å². The van der Waals surface area contributed by atoms with E-state index in [0.29, 0.717) is 18.0 Å². The average Bonchev–Trinajstić information content (AvgIpc) is 2.61. The quantitative estimate of drug-likeness (QED) is 0.797. The van der Waals surface area contributed by atoms with Crippen molar-refractivity contribution in [3.05, 3.63) is 54.1 Å². The van der Waals surface area contributed by atoms with Gasteiger partial charge in [0.25, 0.3) is 0 Å². The molecule has 0 bridgehead atoms. The molecule has 6 nitrogen and oxygen atoms in total. The highest BCUT2D eigenvalue weighted by molar-refractivity contribution is 5.94. The van der Waals surface area contributed by atoms with Crippen LogP contribution in [0.25, 0.3) is 0 Å². The molecule has 0 heterocycles. The van der Waals surface area contributed by atoms with Gasteiger partial charge in [0.05, 0.1) is 13.0 Å². The molecule has 0 aliphatic rings. The van der Waals surface area contributed by atoms with Crippen molar-refractivity contribution < 1.29 is 24.2 Å². The number of hydrogen-bond acceptors (Lipinski definition) is 4. The maximum atomic E-state index is 12.4. The van der Waals surface area contributed by atoms with Crippen LogP contribution in [-0.4, -0.2) is 37.2 Å². The number of ether oxygens (including phenoxy) is 2. The third-order valence-electron chi connectivity index (χ3n) is 3.55. The number of benzene rings is 2. The molecule has 6 heteroatoms. The lowest BCUT2D eigenvalue weighted by atomic mass is 10.1. The third kappa shape index (κ3) is 5.53. The van der Waals surface area contributed by atoms with Crippen LogP contribution in [0, 0.1) is 0 Å². The van der Waals surface area contributed by atoms with Gasteiger partial charge in [-0.1, -0.05) is 12.1 Å². The Kier molecular flexibility index (Phi) is 6.39. The minimum Gasteiger partial charge on any atom is -0.494 e. The smallest absolute Gasteiger partial charge is 0.341 e. The summed E-state index contributed by atoms with van der Waals surface area (Å²) in [7, 11) is 1.70. The molecule has 2 rings (SSSR count). The molecule has 0 aromatic heterocycles. The van der Waals surface area contributed by atoms with Crippen molar-refractivity contribution in [2.75, 3.05) is 25.2 Å². The largest absolute Gasteiger partial charge is 0.494 e. The highest BCUT2D eigenvalue weighted by Crippen LogP contribution is 2.20. The molecule has 2 aromatic rings. The van der Waals surface area contributed by atoms with E-state index in [9.17, 15) is 9.59 Å². The Labute approximate surface area is 146 Å². The number of carbonyl (C=O) groups excluding carboxylic acids is 1. The molecule has 0 fully saturated rings. The molecular weight excluding hydrogens is 322 g/mol. The Morgan fingerprint density at radius 1 is 0.960 bits per heavy atom. The fourth-order valence-corrected chi connectivity index (χ4v) is 2.22. The van der Waals surface area contributed by atoms with Crippen molar-refractivity contribution in [3.63, 3.8) is 0 Å². The Morgan fingerprint density at radius 3 is 2.08 bits per heavy atom. The van der Waals surface area contributed by atoms with Gasteiger partial charge in [-0.3, -0.25) is 4.79 Å². The summed E-state index contributed by atoms with van der Waals surface area (Å²) >= 11 is 0. The molecular formula is C19H21NO5. The van der Waals surface area contributed by atoms with Crippen molar-refractivity contribution in [3.8, 4) is 11.5 Å². The van der Waals surface area contributed by atoms with Crippen molar-refractivity contribution in [2.45, 2.75) is 13.3 Å². The summed E-state index contributed by atoms with van der Waals surface area (Å²) in [5.74, 6) is 0.137. The first-order chi connectivity index (χ1) is 12.0. The molecule has 1 N–H and O–H groups in total. The second-order valence-electron chi connectivity index (χ2n) is 5.38. The van der Waals surface area contributed by atoms with Crippen LogP contribution in [-0.2, 0) is 16.0 Å². The number of nitrogens with zero attached hydrogens (tertiary/aromatic N) is 1. The number of aliphatic carboxylic acids is 1. The lowest BCUT2D eigenvalue weighted by Gasteiger charge is -2.18. The first-order valence-electron chi connectivity index (χ1n) is 7.92. The van der Waals surface area contributed by atoms with Crippen LogP contribution in [0.1, 0.15) is 12.5 Å². The van der Waals surface area contributed by atoms with E-state index in [1.54, 1.807) is 36.2 Å². The van der Waals surface area contributed by atoms with Gasteiger partial charge in [0, 0.05) is 12.7 Å². The second-order valence-corrected chi connectivity index (χ2v) is 5.38. The molecule has 0 unspecified atom stereocenters. The molecule has 2 aromatic carbocycles. The lowest BCUT2D eigenvalue weighted by Crippen LogP contribution is -2.27. The molecule has 0 spiro atoms. The molecule has 25 heavy (non-hydrogen) atoms. The Bertz CT molecular complexity index is 710. The molecule has 0 radical (unpaired) electrons. The zero-order valence-electron chi connectivity index (χ0n) is 14.3. The first-order valence-corrected chi connectivity index (χ1v) is 7.92. The van der Waals surface area contributed by atoms with Gasteiger partial charge in [-0.15, -0.1) is 0 Å². The second kappa shape index (κ2) is 8.73. The molecule has 0 aliphatic carbocycles. The van der Waals surface area contributed by atoms with Gasteiger partial charge in [0.2, 0.25) is 5.91 Å². The Balaban J connectivity index is 1.95. The van der Waals surface area contributed by atoms with Crippen LogP contribution in [0.5, 0.6) is 11.5 Å². The predicted octanol–water partition coefficient (Wildman–Crippen LogP) is 2.75. The van der Waals surface area contributed by atoms with Crippen molar-refractivity contribution >= 4 is 17.6 Å². The summed E-state index contributed by atoms with van der Waals surface area (Å²) in [6.07, 6.45) is 0.278. The summed E-state index contributed by atoms with van der Waals surface area (Å²) in [5.41, 5.74) is 1.61. The fourth-order valence-electron chi connectivity index (χ4n) is 2.22. The van der Waals surface area contributed by atoms with Gasteiger partial charge in [0.15, 0.2) is 6.61 Å². The standard InChI is InChI=1S/C19H21NO5/c1-3-24-16-8-4-14(5-9-16)12-18(21)20(2)15-6-10-17(11-7-15)25-13-19(22)23/h4-11H,3,12-13H2,1-2H3,(H,22,23). The molecule has 0 aliphatic heterocycles. The molecule has 0 atom stereocenters. The number of anilines is 1. The third-order valence-corrected chi connectivity index (χ3v) is 3.55. The van der Waals surface area contributed by atoms with Crippen molar-refractivity contribution in [1.29, 1.82) is 0 Å². The topological polar surface area (TPSA) is 76.1 Å².